The van der Waals surface area contributed by atoms with Gasteiger partial charge in [0.05, 0.1) is 23.5 Å². The highest BCUT2D eigenvalue weighted by Gasteiger charge is 2.51. The van der Waals surface area contributed by atoms with Gasteiger partial charge >= 0.3 is 12.1 Å². The number of nitrogens with one attached hydrogen (secondary N) is 1. The van der Waals surface area contributed by atoms with E-state index in [1.807, 2.05) is 27.7 Å². The molecule has 35 heavy (non-hydrogen) atoms. The van der Waals surface area contributed by atoms with E-state index in [1.165, 1.54) is 6.07 Å². The van der Waals surface area contributed by atoms with Gasteiger partial charge in [0.25, 0.3) is 0 Å². The average Bonchev–Trinajstić information content (AvgIpc) is 2.91. The molecule has 0 radical (unpaired) electrons. The second kappa shape index (κ2) is 9.06. The second-order valence-corrected chi connectivity index (χ2v) is 9.93. The number of ketones is 1. The number of alkyl halides is 3. The lowest BCUT2D eigenvalue weighted by atomic mass is 9.73. The van der Waals surface area contributed by atoms with E-state index in [2.05, 4.69) is 5.32 Å². The molecule has 0 unspecified atom stereocenters. The first-order valence-electron chi connectivity index (χ1n) is 11.7. The second-order valence-electron chi connectivity index (χ2n) is 9.93. The first-order chi connectivity index (χ1) is 16.4. The topological polar surface area (TPSA) is 58.6 Å². The summed E-state index contributed by atoms with van der Waals surface area (Å²) in [6.07, 6.45) is -4.09. The van der Waals surface area contributed by atoms with Gasteiger partial charge in [0.2, 0.25) is 0 Å². The molecule has 0 aromatic heterocycles. The molecule has 2 aliphatic rings. The summed E-state index contributed by atoms with van der Waals surface area (Å²) in [4.78, 5) is 27.3. The van der Waals surface area contributed by atoms with E-state index < -0.39 is 23.5 Å². The largest absolute Gasteiger partial charge is 0.490 e. The number of fused-ring (bicyclic) bond motifs is 1. The summed E-state index contributed by atoms with van der Waals surface area (Å²) >= 11 is 0. The van der Waals surface area contributed by atoms with Crippen LogP contribution in [0.15, 0.2) is 59.8 Å². The molecule has 1 amide bonds. The third-order valence-corrected chi connectivity index (χ3v) is 6.48. The molecule has 2 atom stereocenters. The number of amides is 1. The van der Waals surface area contributed by atoms with Gasteiger partial charge in [0.1, 0.15) is 5.75 Å². The first-order valence-corrected chi connectivity index (χ1v) is 11.7. The fraction of sp³-hybridized carbons (Fsp3) is 0.407. The van der Waals surface area contributed by atoms with Gasteiger partial charge in [0, 0.05) is 23.3 Å². The Bertz CT molecular complexity index is 1190. The number of nitrogens with zero attached hydrogens (tertiary/aromatic N) is 1. The van der Waals surface area contributed by atoms with Crippen LogP contribution in [0.1, 0.15) is 58.6 Å². The molecule has 1 aliphatic carbocycles. The molecule has 8 heteroatoms. The van der Waals surface area contributed by atoms with Gasteiger partial charge in [0.15, 0.2) is 5.78 Å². The minimum absolute atomic E-state index is 0.0539. The predicted molar refractivity (Wildman–Crippen MR) is 128 cm³/mol. The molecular formula is C27H29F3N2O3. The fourth-order valence-electron chi connectivity index (χ4n) is 4.76. The number of allylic oxidation sites excluding steroid dienone is 1. The van der Waals surface area contributed by atoms with Crippen molar-refractivity contribution >= 4 is 23.1 Å². The number of benzene rings is 2. The summed E-state index contributed by atoms with van der Waals surface area (Å²) in [5, 5.41) is 3.21. The molecule has 1 aliphatic heterocycles. The van der Waals surface area contributed by atoms with Crippen molar-refractivity contribution in [2.45, 2.75) is 65.3 Å². The summed E-state index contributed by atoms with van der Waals surface area (Å²) < 4.78 is 48.1. The molecule has 186 valence electrons. The predicted octanol–water partition coefficient (Wildman–Crippen LogP) is 6.57. The van der Waals surface area contributed by atoms with Gasteiger partial charge in [-0.25, -0.2) is 0 Å². The maximum atomic E-state index is 14.0. The van der Waals surface area contributed by atoms with Crippen LogP contribution in [0.2, 0.25) is 0 Å². The number of Topliss-reactive ketones (excluding diaryl/α,β-unsaturated/α-hetero) is 1. The number of rotatable bonds is 4. The molecule has 4 rings (SSSR count). The Hall–Kier alpha value is -3.29. The number of carbonyl (C=O) groups excluding carboxylic acids is 2. The van der Waals surface area contributed by atoms with Gasteiger partial charge in [-0.2, -0.15) is 13.2 Å². The Kier molecular flexibility index (Phi) is 6.42. The van der Waals surface area contributed by atoms with Crippen LogP contribution >= 0.6 is 0 Å². The molecule has 0 saturated heterocycles. The lowest BCUT2D eigenvalue weighted by molar-refractivity contribution is -0.170. The van der Waals surface area contributed by atoms with Crippen LogP contribution in [0, 0.1) is 5.41 Å². The van der Waals surface area contributed by atoms with Crippen LogP contribution in [0.25, 0.3) is 0 Å². The molecule has 2 aromatic carbocycles. The third kappa shape index (κ3) is 4.79. The quantitative estimate of drug-likeness (QED) is 0.531. The molecule has 0 fully saturated rings. The normalized spacial score (nSPS) is 20.4. The maximum Gasteiger partial charge on any atom is 0.471 e. The smallest absolute Gasteiger partial charge is 0.471 e. The van der Waals surface area contributed by atoms with Crippen molar-refractivity contribution < 1.29 is 27.5 Å². The SMILES string of the molecule is CC[C@H](C)Oc1ccccc1[C@H]1C2=C(CC(C)(C)CC2=O)Nc2ccccc2N1C(=O)C(F)(F)F. The van der Waals surface area contributed by atoms with Gasteiger partial charge in [-0.1, -0.05) is 51.1 Å². The number of carbonyl (C=O) groups is 2. The van der Waals surface area contributed by atoms with Crippen molar-refractivity contribution in [1.82, 2.24) is 0 Å². The highest BCUT2D eigenvalue weighted by atomic mass is 19.4. The number of hydrogen-bond donors (Lipinski definition) is 1. The van der Waals surface area contributed by atoms with Crippen molar-refractivity contribution in [3.05, 3.63) is 65.4 Å². The van der Waals surface area contributed by atoms with Gasteiger partial charge in [-0.3, -0.25) is 14.5 Å². The summed E-state index contributed by atoms with van der Waals surface area (Å²) in [6.45, 7) is 7.69. The Balaban J connectivity index is 2.04. The van der Waals surface area contributed by atoms with E-state index in [-0.39, 0.29) is 29.6 Å². The van der Waals surface area contributed by atoms with Crippen molar-refractivity contribution in [3.63, 3.8) is 0 Å². The van der Waals surface area contributed by atoms with Crippen LogP contribution in [0.3, 0.4) is 0 Å². The number of para-hydroxylation sites is 3. The Labute approximate surface area is 203 Å². The molecule has 0 saturated carbocycles. The van der Waals surface area contributed by atoms with Crippen molar-refractivity contribution in [2.24, 2.45) is 5.41 Å². The lowest BCUT2D eigenvalue weighted by Gasteiger charge is -2.37. The van der Waals surface area contributed by atoms with E-state index in [0.29, 0.717) is 40.4 Å². The highest BCUT2D eigenvalue weighted by molar-refractivity contribution is 6.07. The zero-order valence-electron chi connectivity index (χ0n) is 20.2. The van der Waals surface area contributed by atoms with Crippen molar-refractivity contribution in [3.8, 4) is 5.75 Å². The molecule has 5 nitrogen and oxygen atoms in total. The Morgan fingerprint density at radius 1 is 1.14 bits per heavy atom. The fourth-order valence-corrected chi connectivity index (χ4v) is 4.76. The van der Waals surface area contributed by atoms with Crippen LogP contribution in [-0.4, -0.2) is 24.0 Å². The van der Waals surface area contributed by atoms with E-state index >= 15 is 0 Å². The summed E-state index contributed by atoms with van der Waals surface area (Å²) in [5.74, 6) is -1.99. The monoisotopic (exact) mass is 486 g/mol. The molecular weight excluding hydrogens is 457 g/mol. The van der Waals surface area contributed by atoms with E-state index in [0.717, 1.165) is 0 Å². The third-order valence-electron chi connectivity index (χ3n) is 6.48. The number of anilines is 2. The molecule has 1 N–H and O–H groups in total. The minimum Gasteiger partial charge on any atom is -0.490 e. The molecule has 0 bridgehead atoms. The van der Waals surface area contributed by atoms with Crippen molar-refractivity contribution in [2.75, 3.05) is 10.2 Å². The van der Waals surface area contributed by atoms with Crippen LogP contribution in [-0.2, 0) is 9.59 Å². The first kappa shape index (κ1) is 24.8. The average molecular weight is 487 g/mol. The highest BCUT2D eigenvalue weighted by Crippen LogP contribution is 2.50. The summed E-state index contributed by atoms with van der Waals surface area (Å²) in [7, 11) is 0. The molecule has 2 aromatic rings. The van der Waals surface area contributed by atoms with E-state index in [1.54, 1.807) is 42.5 Å². The van der Waals surface area contributed by atoms with Gasteiger partial charge in [-0.15, -0.1) is 0 Å². The van der Waals surface area contributed by atoms with Crippen LogP contribution in [0.5, 0.6) is 5.75 Å². The van der Waals surface area contributed by atoms with Crippen LogP contribution < -0.4 is 15.0 Å². The van der Waals surface area contributed by atoms with E-state index in [4.69, 9.17) is 4.74 Å². The standard InChI is InChI=1S/C27H29F3N2O3/c1-5-16(2)35-22-13-9-6-10-17(22)24-23-19(14-26(3,4)15-21(23)33)31-18-11-7-8-12-20(18)32(24)25(34)27(28,29)30/h6-13,16,24,31H,5,14-15H2,1-4H3/t16-,24-/m0/s1. The summed E-state index contributed by atoms with van der Waals surface area (Å²) in [5.41, 5.74) is 1.03. The lowest BCUT2D eigenvalue weighted by Crippen LogP contribution is -2.45. The maximum absolute atomic E-state index is 14.0. The number of ether oxygens (including phenoxy) is 1. The van der Waals surface area contributed by atoms with Gasteiger partial charge < -0.3 is 10.1 Å². The van der Waals surface area contributed by atoms with Crippen molar-refractivity contribution in [1.29, 1.82) is 0 Å². The molecule has 1 heterocycles. The Morgan fingerprint density at radius 3 is 2.49 bits per heavy atom. The van der Waals surface area contributed by atoms with Crippen LogP contribution in [0.4, 0.5) is 24.5 Å². The van der Waals surface area contributed by atoms with Gasteiger partial charge in [-0.05, 0) is 43.4 Å². The summed E-state index contributed by atoms with van der Waals surface area (Å²) in [6, 6.07) is 11.7. The zero-order chi connectivity index (χ0) is 25.5. The van der Waals surface area contributed by atoms with E-state index in [9.17, 15) is 22.8 Å². The number of halogens is 3. The minimum atomic E-state index is -5.15. The number of hydrogen-bond acceptors (Lipinski definition) is 4. The zero-order valence-corrected chi connectivity index (χ0v) is 20.2. The molecule has 0 spiro atoms. The Morgan fingerprint density at radius 2 is 1.80 bits per heavy atom.